The number of aromatic nitrogens is 6. The summed E-state index contributed by atoms with van der Waals surface area (Å²) in [5.41, 5.74) is 4.69. The number of rotatable bonds is 5. The minimum absolute atomic E-state index is 0.0910. The number of nitriles is 1. The molecule has 9 heteroatoms. The zero-order chi connectivity index (χ0) is 20.4. The molecule has 0 bridgehead atoms. The van der Waals surface area contributed by atoms with E-state index in [9.17, 15) is 10.4 Å². The molecule has 8 nitrogen and oxygen atoms in total. The number of hydrogen-bond donors (Lipinski definition) is 2. The first-order valence-electron chi connectivity index (χ1n) is 8.83. The predicted molar refractivity (Wildman–Crippen MR) is 111 cm³/mol. The van der Waals surface area contributed by atoms with E-state index in [0.29, 0.717) is 11.0 Å². The van der Waals surface area contributed by atoms with E-state index >= 15 is 0 Å². The van der Waals surface area contributed by atoms with Crippen molar-refractivity contribution < 1.29 is 5.11 Å². The highest BCUT2D eigenvalue weighted by Gasteiger charge is 2.16. The van der Waals surface area contributed by atoms with E-state index in [0.717, 1.165) is 27.8 Å². The molecule has 0 unspecified atom stereocenters. The van der Waals surface area contributed by atoms with Gasteiger partial charge in [0.25, 0.3) is 0 Å². The number of fused-ring (bicyclic) bond motifs is 1. The summed E-state index contributed by atoms with van der Waals surface area (Å²) in [6.45, 7) is 4.02. The van der Waals surface area contributed by atoms with E-state index in [1.807, 2.05) is 56.3 Å². The van der Waals surface area contributed by atoms with Gasteiger partial charge in [-0.1, -0.05) is 41.6 Å². The van der Waals surface area contributed by atoms with Crippen LogP contribution in [-0.4, -0.2) is 41.0 Å². The molecule has 2 aromatic heterocycles. The summed E-state index contributed by atoms with van der Waals surface area (Å²) in [6.07, 6.45) is 0. The molecule has 0 spiro atoms. The largest absolute Gasteiger partial charge is 0.510 e. The third-order valence-electron chi connectivity index (χ3n) is 4.39. The molecule has 0 aliphatic rings. The Morgan fingerprint density at radius 3 is 2.83 bits per heavy atom. The Bertz CT molecular complexity index is 1230. The van der Waals surface area contributed by atoms with Gasteiger partial charge in [-0.25, -0.2) is 4.98 Å². The fourth-order valence-corrected chi connectivity index (χ4v) is 3.76. The number of nitrogens with zero attached hydrogens (tertiary/aromatic N) is 6. The van der Waals surface area contributed by atoms with Crippen LogP contribution in [0.3, 0.4) is 0 Å². The second-order valence-electron chi connectivity index (χ2n) is 6.49. The van der Waals surface area contributed by atoms with Crippen LogP contribution in [0.2, 0.25) is 0 Å². The molecule has 2 heterocycles. The summed E-state index contributed by atoms with van der Waals surface area (Å²) in [7, 11) is 0. The second kappa shape index (κ2) is 7.77. The number of aliphatic hydroxyl groups is 1. The highest BCUT2D eigenvalue weighted by molar-refractivity contribution is 7.99. The van der Waals surface area contributed by atoms with Crippen LogP contribution < -0.4 is 0 Å². The maximum atomic E-state index is 10.5. The summed E-state index contributed by atoms with van der Waals surface area (Å²) < 4.78 is 1.62. The Kier molecular flexibility index (Phi) is 5.01. The number of aromatic amines is 1. The number of allylic oxidation sites excluding steroid dienone is 1. The molecule has 29 heavy (non-hydrogen) atoms. The van der Waals surface area contributed by atoms with Crippen LogP contribution in [0.1, 0.15) is 17.0 Å². The van der Waals surface area contributed by atoms with Crippen molar-refractivity contribution in [2.75, 3.05) is 5.75 Å². The monoisotopic (exact) mass is 403 g/mol. The summed E-state index contributed by atoms with van der Waals surface area (Å²) in [4.78, 5) is 7.45. The fourth-order valence-electron chi connectivity index (χ4n) is 2.99. The molecule has 0 aliphatic heterocycles. The van der Waals surface area contributed by atoms with Crippen LogP contribution >= 0.6 is 11.8 Å². The van der Waals surface area contributed by atoms with Crippen molar-refractivity contribution in [2.45, 2.75) is 19.0 Å². The number of para-hydroxylation sites is 2. The molecule has 144 valence electrons. The molecule has 4 aromatic rings. The predicted octanol–water partition coefficient (Wildman–Crippen LogP) is 3.74. The summed E-state index contributed by atoms with van der Waals surface area (Å²) in [5.74, 6) is 0.373. The van der Waals surface area contributed by atoms with Crippen LogP contribution in [-0.2, 0) is 0 Å². The second-order valence-corrected chi connectivity index (χ2v) is 7.43. The molecular formula is C20H17N7OS. The van der Waals surface area contributed by atoms with Crippen LogP contribution in [0, 0.1) is 25.2 Å². The number of imidazole rings is 1. The van der Waals surface area contributed by atoms with Crippen LogP contribution in [0.4, 0.5) is 0 Å². The van der Waals surface area contributed by atoms with Gasteiger partial charge >= 0.3 is 0 Å². The van der Waals surface area contributed by atoms with Crippen molar-refractivity contribution in [2.24, 2.45) is 0 Å². The van der Waals surface area contributed by atoms with Crippen molar-refractivity contribution >= 4 is 28.4 Å². The van der Waals surface area contributed by atoms with Crippen LogP contribution in [0.25, 0.3) is 22.3 Å². The van der Waals surface area contributed by atoms with Crippen molar-refractivity contribution in [1.82, 2.24) is 30.2 Å². The van der Waals surface area contributed by atoms with E-state index in [2.05, 4.69) is 31.6 Å². The summed E-state index contributed by atoms with van der Waals surface area (Å²) >= 11 is 1.24. The van der Waals surface area contributed by atoms with Gasteiger partial charge in [0.05, 0.1) is 22.5 Å². The zero-order valence-corrected chi connectivity index (χ0v) is 16.6. The number of thioether (sulfide) groups is 1. The number of H-pyrrole nitrogens is 1. The number of aliphatic hydroxyl groups excluding tert-OH is 1. The zero-order valence-electron chi connectivity index (χ0n) is 15.8. The molecule has 0 radical (unpaired) electrons. The smallest absolute Gasteiger partial charge is 0.214 e. The van der Waals surface area contributed by atoms with E-state index in [-0.39, 0.29) is 17.1 Å². The SMILES string of the molecule is Cc1ccc(-n2nnnc2SCC(O)=C(C#N)c2nc3ccccc3[nH]2)c(C)c1. The molecule has 0 amide bonds. The van der Waals surface area contributed by atoms with Gasteiger partial charge in [0.2, 0.25) is 5.16 Å². The number of tetrazole rings is 1. The lowest BCUT2D eigenvalue weighted by molar-refractivity contribution is 0.420. The van der Waals surface area contributed by atoms with Crippen molar-refractivity contribution in [3.05, 3.63) is 65.2 Å². The standard InChI is InChI=1S/C20H17N7OS/c1-12-7-8-17(13(2)9-12)27-20(24-25-26-27)29-11-18(28)14(10-21)19-22-15-5-3-4-6-16(15)23-19/h3-9,28H,11H2,1-2H3,(H,22,23). The normalized spacial score (nSPS) is 12.0. The molecular weight excluding hydrogens is 386 g/mol. The quantitative estimate of drug-likeness (QED) is 0.296. The molecule has 2 aromatic carbocycles. The number of benzene rings is 2. The van der Waals surface area contributed by atoms with Gasteiger partial charge in [0, 0.05) is 0 Å². The molecule has 0 saturated heterocycles. The van der Waals surface area contributed by atoms with Gasteiger partial charge in [0.1, 0.15) is 17.4 Å². The molecule has 2 N–H and O–H groups in total. The van der Waals surface area contributed by atoms with Crippen molar-refractivity contribution in [1.29, 1.82) is 5.26 Å². The minimum Gasteiger partial charge on any atom is -0.510 e. The van der Waals surface area contributed by atoms with Gasteiger partial charge in [-0.3, -0.25) is 0 Å². The van der Waals surface area contributed by atoms with Crippen molar-refractivity contribution in [3.8, 4) is 11.8 Å². The third-order valence-corrected chi connectivity index (χ3v) is 5.32. The molecule has 0 aliphatic carbocycles. The lowest BCUT2D eigenvalue weighted by Crippen LogP contribution is -2.03. The first-order valence-corrected chi connectivity index (χ1v) is 9.81. The molecule has 4 rings (SSSR count). The van der Waals surface area contributed by atoms with Gasteiger partial charge < -0.3 is 10.1 Å². The Labute approximate surface area is 170 Å². The molecule has 0 fully saturated rings. The number of aryl methyl sites for hydroxylation is 2. The molecule has 0 saturated carbocycles. The number of nitrogens with one attached hydrogen (secondary N) is 1. The Hall–Kier alpha value is -3.64. The Morgan fingerprint density at radius 1 is 1.24 bits per heavy atom. The Morgan fingerprint density at radius 2 is 2.07 bits per heavy atom. The van der Waals surface area contributed by atoms with Gasteiger partial charge in [-0.05, 0) is 48.0 Å². The Balaban J connectivity index is 1.60. The van der Waals surface area contributed by atoms with Crippen LogP contribution in [0.15, 0.2) is 53.4 Å². The van der Waals surface area contributed by atoms with E-state index in [4.69, 9.17) is 0 Å². The van der Waals surface area contributed by atoms with E-state index in [1.54, 1.807) is 4.68 Å². The first-order chi connectivity index (χ1) is 14.1. The fraction of sp³-hybridized carbons (Fsp3) is 0.150. The molecule has 0 atom stereocenters. The van der Waals surface area contributed by atoms with Gasteiger partial charge in [-0.2, -0.15) is 9.94 Å². The average Bonchev–Trinajstić information content (AvgIpc) is 3.33. The summed E-state index contributed by atoms with van der Waals surface area (Å²) in [6, 6.07) is 15.5. The van der Waals surface area contributed by atoms with Gasteiger partial charge in [-0.15, -0.1) is 5.10 Å². The minimum atomic E-state index is -0.0910. The first kappa shape index (κ1) is 18.7. The maximum Gasteiger partial charge on any atom is 0.214 e. The summed E-state index contributed by atoms with van der Waals surface area (Å²) in [5, 5.41) is 32.5. The topological polar surface area (TPSA) is 116 Å². The maximum absolute atomic E-state index is 10.5. The number of hydrogen-bond acceptors (Lipinski definition) is 7. The van der Waals surface area contributed by atoms with E-state index in [1.165, 1.54) is 11.8 Å². The van der Waals surface area contributed by atoms with Gasteiger partial charge in [0.15, 0.2) is 5.82 Å². The lowest BCUT2D eigenvalue weighted by Gasteiger charge is -2.08. The lowest BCUT2D eigenvalue weighted by atomic mass is 10.1. The van der Waals surface area contributed by atoms with E-state index < -0.39 is 0 Å². The third kappa shape index (κ3) is 3.70. The van der Waals surface area contributed by atoms with Crippen molar-refractivity contribution in [3.63, 3.8) is 0 Å². The van der Waals surface area contributed by atoms with Crippen LogP contribution in [0.5, 0.6) is 0 Å². The highest BCUT2D eigenvalue weighted by Crippen LogP contribution is 2.25. The average molecular weight is 403 g/mol. The highest BCUT2D eigenvalue weighted by atomic mass is 32.2.